The van der Waals surface area contributed by atoms with Crippen LogP contribution in [0.2, 0.25) is 0 Å². The Kier molecular flexibility index (Phi) is 4.51. The molecule has 0 aromatic heterocycles. The Bertz CT molecular complexity index is 1250. The molecule has 4 unspecified atom stereocenters. The lowest BCUT2D eigenvalue weighted by atomic mass is 9.86. The van der Waals surface area contributed by atoms with Crippen molar-refractivity contribution in [2.24, 2.45) is 0 Å². The number of imide groups is 2. The molecule has 8 N–H and O–H groups in total. The lowest BCUT2D eigenvalue weighted by molar-refractivity contribution is -0.134. The molecule has 0 radical (unpaired) electrons. The Morgan fingerprint density at radius 2 is 1.47 bits per heavy atom. The van der Waals surface area contributed by atoms with Crippen molar-refractivity contribution in [3.8, 4) is 5.75 Å². The van der Waals surface area contributed by atoms with E-state index in [0.717, 1.165) is 16.7 Å². The van der Waals surface area contributed by atoms with Gasteiger partial charge in [0.15, 0.2) is 0 Å². The van der Waals surface area contributed by atoms with E-state index in [1.165, 1.54) is 0 Å². The van der Waals surface area contributed by atoms with Crippen LogP contribution in [0.3, 0.4) is 0 Å². The molecule has 3 heterocycles. The van der Waals surface area contributed by atoms with Gasteiger partial charge in [0.05, 0.1) is 5.92 Å². The molecular formula is C23H24N6O5. The maximum atomic E-state index is 11.9. The Morgan fingerprint density at radius 1 is 0.824 bits per heavy atom. The lowest BCUT2D eigenvalue weighted by Crippen LogP contribution is -2.53. The smallest absolute Gasteiger partial charge is 0.325 e. The molecule has 4 aliphatic rings. The molecule has 3 aliphatic heterocycles. The summed E-state index contributed by atoms with van der Waals surface area (Å²) in [6, 6.07) is 9.83. The number of nitrogens with one attached hydrogen (secondary N) is 4. The van der Waals surface area contributed by atoms with Gasteiger partial charge in [-0.3, -0.25) is 25.5 Å². The first-order chi connectivity index (χ1) is 16.1. The van der Waals surface area contributed by atoms with Gasteiger partial charge in [-0.1, -0.05) is 19.9 Å². The van der Waals surface area contributed by atoms with E-state index < -0.39 is 29.2 Å². The number of urea groups is 2. The van der Waals surface area contributed by atoms with Gasteiger partial charge in [0, 0.05) is 29.3 Å². The van der Waals surface area contributed by atoms with Gasteiger partial charge in [-0.15, -0.1) is 0 Å². The Labute approximate surface area is 194 Å². The van der Waals surface area contributed by atoms with Crippen LogP contribution in [0.15, 0.2) is 36.4 Å². The lowest BCUT2D eigenvalue weighted by Gasteiger charge is -2.25. The van der Waals surface area contributed by atoms with Gasteiger partial charge in [0.25, 0.3) is 17.5 Å². The van der Waals surface area contributed by atoms with Crippen LogP contribution in [0.25, 0.3) is 0 Å². The summed E-state index contributed by atoms with van der Waals surface area (Å²) in [7, 11) is 0. The molecule has 11 nitrogen and oxygen atoms in total. The van der Waals surface area contributed by atoms with E-state index in [9.17, 15) is 19.2 Å². The van der Waals surface area contributed by atoms with E-state index >= 15 is 0 Å². The highest BCUT2D eigenvalue weighted by atomic mass is 16.5. The summed E-state index contributed by atoms with van der Waals surface area (Å²) in [5.41, 5.74) is 13.5. The van der Waals surface area contributed by atoms with Gasteiger partial charge in [-0.2, -0.15) is 0 Å². The van der Waals surface area contributed by atoms with E-state index in [1.54, 1.807) is 18.2 Å². The molecule has 0 saturated carbocycles. The second-order valence-electron chi connectivity index (χ2n) is 9.00. The number of amides is 6. The number of carbonyl (C=O) groups excluding carboxylic acids is 4. The van der Waals surface area contributed by atoms with E-state index in [4.69, 9.17) is 16.2 Å². The molecule has 11 heteroatoms. The second kappa shape index (κ2) is 7.11. The monoisotopic (exact) mass is 464 g/mol. The highest BCUT2D eigenvalue weighted by Crippen LogP contribution is 2.45. The number of benzene rings is 2. The summed E-state index contributed by atoms with van der Waals surface area (Å²) in [6.45, 7) is 3.77. The number of anilines is 2. The molecule has 2 fully saturated rings. The number of nitrogen functional groups attached to an aromatic ring is 2. The number of hydrogen-bond acceptors (Lipinski definition) is 7. The summed E-state index contributed by atoms with van der Waals surface area (Å²) in [6.07, 6.45) is 0.506. The fourth-order valence-electron chi connectivity index (χ4n) is 5.16. The number of hydrogen-bond donors (Lipinski definition) is 6. The van der Waals surface area contributed by atoms with Crippen molar-refractivity contribution in [2.75, 3.05) is 11.5 Å². The van der Waals surface area contributed by atoms with Crippen LogP contribution in [0, 0.1) is 0 Å². The third kappa shape index (κ3) is 2.96. The van der Waals surface area contributed by atoms with Gasteiger partial charge in [-0.25, -0.2) is 9.59 Å². The van der Waals surface area contributed by atoms with Crippen molar-refractivity contribution in [3.63, 3.8) is 0 Å². The van der Waals surface area contributed by atoms with Gasteiger partial charge in [0.1, 0.15) is 11.3 Å². The molecule has 2 spiro atoms. The summed E-state index contributed by atoms with van der Waals surface area (Å²) in [4.78, 5) is 46.3. The summed E-state index contributed by atoms with van der Waals surface area (Å²) < 4.78 is 5.61. The maximum absolute atomic E-state index is 11.9. The summed E-state index contributed by atoms with van der Waals surface area (Å²) >= 11 is 0. The fourth-order valence-corrected chi connectivity index (χ4v) is 5.16. The molecule has 2 aromatic carbocycles. The Hall–Kier alpha value is -4.28. The molecule has 2 saturated heterocycles. The van der Waals surface area contributed by atoms with Crippen molar-refractivity contribution in [1.82, 2.24) is 21.3 Å². The highest BCUT2D eigenvalue weighted by molar-refractivity contribution is 6.08. The predicted molar refractivity (Wildman–Crippen MR) is 122 cm³/mol. The normalized spacial score (nSPS) is 30.1. The zero-order valence-electron chi connectivity index (χ0n) is 18.5. The minimum atomic E-state index is -1.33. The third-order valence-corrected chi connectivity index (χ3v) is 7.06. The molecule has 2 aromatic rings. The van der Waals surface area contributed by atoms with Crippen LogP contribution < -0.4 is 37.5 Å². The van der Waals surface area contributed by atoms with Crippen LogP contribution in [0.1, 0.15) is 42.4 Å². The minimum absolute atomic E-state index is 0.0375. The first-order valence-electron chi connectivity index (χ1n) is 10.8. The molecular weight excluding hydrogens is 440 g/mol. The molecule has 34 heavy (non-hydrogen) atoms. The summed E-state index contributed by atoms with van der Waals surface area (Å²) in [5.74, 6) is -0.462. The van der Waals surface area contributed by atoms with E-state index in [-0.39, 0.29) is 17.7 Å². The van der Waals surface area contributed by atoms with Gasteiger partial charge in [0.2, 0.25) is 0 Å². The number of ether oxygens (including phenoxy) is 1. The van der Waals surface area contributed by atoms with E-state index in [2.05, 4.69) is 21.3 Å². The average Bonchev–Trinajstić information content (AvgIpc) is 3.41. The first-order valence-corrected chi connectivity index (χ1v) is 10.8. The van der Waals surface area contributed by atoms with Gasteiger partial charge >= 0.3 is 12.1 Å². The first kappa shape index (κ1) is 21.6. The Balaban J connectivity index is 0.000000142. The van der Waals surface area contributed by atoms with Crippen LogP contribution in [0.4, 0.5) is 21.0 Å². The zero-order valence-corrected chi connectivity index (χ0v) is 18.5. The Morgan fingerprint density at radius 3 is 2.12 bits per heavy atom. The van der Waals surface area contributed by atoms with Crippen molar-refractivity contribution in [1.29, 1.82) is 0 Å². The zero-order chi connectivity index (χ0) is 24.4. The molecule has 6 amide bonds. The molecule has 6 rings (SSSR count). The number of rotatable bonds is 0. The number of nitrogens with two attached hydrogens (primary N) is 2. The number of carbonyl (C=O) groups is 4. The fraction of sp³-hybridized carbons (Fsp3) is 0.304. The minimum Gasteiger partial charge on any atom is -0.458 e. The molecule has 176 valence electrons. The van der Waals surface area contributed by atoms with Crippen LogP contribution in [-0.4, -0.2) is 35.1 Å². The van der Waals surface area contributed by atoms with Crippen molar-refractivity contribution < 1.29 is 23.9 Å². The number of fused-ring (bicyclic) bond motifs is 2. The third-order valence-electron chi connectivity index (χ3n) is 7.06. The van der Waals surface area contributed by atoms with Crippen molar-refractivity contribution in [2.45, 2.75) is 43.4 Å². The topological polar surface area (TPSA) is 178 Å². The standard InChI is InChI=1S/C12H13N3O2.C11H11N3O3/c1-6-9-3-2-8(13)4-7(9)5-12(6)10(16)14-11(17)15-12;1-5-7-4-6(12)2-3-8(7)17-11(5)9(15)13-10(16)14-11/h2-4,6H,5,13H2,1H3,(H2,14,15,16,17);2-5H,12H2,1H3,(H2,13,14,15,16). The molecule has 0 bridgehead atoms. The molecule has 1 aliphatic carbocycles. The van der Waals surface area contributed by atoms with Crippen LogP contribution in [-0.2, 0) is 16.0 Å². The van der Waals surface area contributed by atoms with E-state index in [1.807, 2.05) is 32.0 Å². The average molecular weight is 464 g/mol. The predicted octanol–water partition coefficient (Wildman–Crippen LogP) is 0.807. The molecule has 4 atom stereocenters. The van der Waals surface area contributed by atoms with Gasteiger partial charge < -0.3 is 21.5 Å². The largest absolute Gasteiger partial charge is 0.458 e. The van der Waals surface area contributed by atoms with Crippen molar-refractivity contribution >= 4 is 35.3 Å². The van der Waals surface area contributed by atoms with Crippen LogP contribution in [0.5, 0.6) is 5.75 Å². The maximum Gasteiger partial charge on any atom is 0.325 e. The second-order valence-corrected chi connectivity index (χ2v) is 9.00. The SMILES string of the molecule is CC1c2cc(N)ccc2OC12NC(=O)NC2=O.CC1c2ccc(N)cc2CC12NC(=O)NC2=O. The summed E-state index contributed by atoms with van der Waals surface area (Å²) in [5, 5.41) is 9.78. The quantitative estimate of drug-likeness (QED) is 0.247. The van der Waals surface area contributed by atoms with Crippen LogP contribution >= 0.6 is 0 Å². The van der Waals surface area contributed by atoms with E-state index in [0.29, 0.717) is 23.5 Å². The van der Waals surface area contributed by atoms with Gasteiger partial charge in [-0.05, 0) is 41.5 Å². The highest BCUT2D eigenvalue weighted by Gasteiger charge is 2.58. The van der Waals surface area contributed by atoms with Crippen molar-refractivity contribution in [3.05, 3.63) is 53.1 Å².